The minimum absolute atomic E-state index is 0.0739. The average Bonchev–Trinajstić information content (AvgIpc) is 2.39. The van der Waals surface area contributed by atoms with Crippen LogP contribution in [0, 0.1) is 5.82 Å². The van der Waals surface area contributed by atoms with Crippen LogP contribution in [0.25, 0.3) is 0 Å². The van der Waals surface area contributed by atoms with Gasteiger partial charge in [0.15, 0.2) is 0 Å². The number of nitrogens with two attached hydrogens (primary N) is 1. The van der Waals surface area contributed by atoms with Gasteiger partial charge in [-0.25, -0.2) is 4.39 Å². The van der Waals surface area contributed by atoms with Gasteiger partial charge in [-0.2, -0.15) is 13.2 Å². The fraction of sp³-hybridized carbons (Fsp3) is 0.143. The van der Waals surface area contributed by atoms with E-state index in [9.17, 15) is 17.6 Å². The maximum atomic E-state index is 13.0. The normalized spacial score (nSPS) is 11.4. The molecule has 0 amide bonds. The number of hydrogen-bond acceptors (Lipinski definition) is 2. The lowest BCUT2D eigenvalue weighted by Gasteiger charge is -2.13. The summed E-state index contributed by atoms with van der Waals surface area (Å²) in [5.41, 5.74) is 4.94. The lowest BCUT2D eigenvalue weighted by molar-refractivity contribution is -0.139. The highest BCUT2D eigenvalue weighted by molar-refractivity contribution is 5.42. The number of para-hydroxylation sites is 1. The standard InChI is InChI=1S/C14H11F4NO/c15-11-6-5-9(7-12(11)19)8-20-13-4-2-1-3-10(13)14(16,17)18/h1-7H,8,19H2. The molecule has 0 unspecified atom stereocenters. The van der Waals surface area contributed by atoms with Gasteiger partial charge in [0.2, 0.25) is 0 Å². The summed E-state index contributed by atoms with van der Waals surface area (Å²) < 4.78 is 56.3. The number of halogens is 4. The first-order valence-electron chi connectivity index (χ1n) is 5.71. The number of benzene rings is 2. The molecule has 0 aliphatic carbocycles. The van der Waals surface area contributed by atoms with Gasteiger partial charge in [0, 0.05) is 0 Å². The van der Waals surface area contributed by atoms with Gasteiger partial charge in [0.05, 0.1) is 11.3 Å². The molecule has 2 N–H and O–H groups in total. The van der Waals surface area contributed by atoms with Crippen LogP contribution in [-0.2, 0) is 12.8 Å². The monoisotopic (exact) mass is 285 g/mol. The van der Waals surface area contributed by atoms with Gasteiger partial charge in [-0.15, -0.1) is 0 Å². The predicted octanol–water partition coefficient (Wildman–Crippen LogP) is 4.01. The van der Waals surface area contributed by atoms with E-state index in [4.69, 9.17) is 10.5 Å². The highest BCUT2D eigenvalue weighted by Gasteiger charge is 2.33. The Labute approximate surface area is 112 Å². The molecule has 0 fully saturated rings. The molecule has 0 aromatic heterocycles. The number of alkyl halides is 3. The summed E-state index contributed by atoms with van der Waals surface area (Å²) in [7, 11) is 0. The first-order valence-corrected chi connectivity index (χ1v) is 5.71. The SMILES string of the molecule is Nc1cc(COc2ccccc2C(F)(F)F)ccc1F. The molecule has 20 heavy (non-hydrogen) atoms. The van der Waals surface area contributed by atoms with Crippen LogP contribution in [0.3, 0.4) is 0 Å². The summed E-state index contributed by atoms with van der Waals surface area (Å²) in [5.74, 6) is -0.854. The second kappa shape index (κ2) is 5.40. The quantitative estimate of drug-likeness (QED) is 0.683. The lowest BCUT2D eigenvalue weighted by atomic mass is 10.2. The van der Waals surface area contributed by atoms with Crippen molar-refractivity contribution in [2.75, 3.05) is 5.73 Å². The lowest BCUT2D eigenvalue weighted by Crippen LogP contribution is -2.08. The van der Waals surface area contributed by atoms with E-state index in [0.29, 0.717) is 5.56 Å². The fourth-order valence-corrected chi connectivity index (χ4v) is 1.67. The van der Waals surface area contributed by atoms with E-state index in [1.165, 1.54) is 30.3 Å². The summed E-state index contributed by atoms with van der Waals surface area (Å²) in [6, 6.07) is 8.77. The largest absolute Gasteiger partial charge is 0.488 e. The average molecular weight is 285 g/mol. The zero-order chi connectivity index (χ0) is 14.8. The third-order valence-electron chi connectivity index (χ3n) is 2.65. The fourth-order valence-electron chi connectivity index (χ4n) is 1.67. The van der Waals surface area contributed by atoms with Crippen LogP contribution in [0.5, 0.6) is 5.75 Å². The molecule has 6 heteroatoms. The van der Waals surface area contributed by atoms with E-state index in [1.807, 2.05) is 0 Å². The van der Waals surface area contributed by atoms with E-state index in [0.717, 1.165) is 12.1 Å². The Kier molecular flexibility index (Phi) is 3.83. The topological polar surface area (TPSA) is 35.2 Å². The van der Waals surface area contributed by atoms with Gasteiger partial charge in [-0.3, -0.25) is 0 Å². The molecular formula is C14H11F4NO. The molecule has 2 rings (SSSR count). The minimum atomic E-state index is -4.49. The smallest absolute Gasteiger partial charge is 0.419 e. The second-order valence-electron chi connectivity index (χ2n) is 4.14. The van der Waals surface area contributed by atoms with Crippen LogP contribution in [0.2, 0.25) is 0 Å². The highest BCUT2D eigenvalue weighted by atomic mass is 19.4. The van der Waals surface area contributed by atoms with Crippen molar-refractivity contribution >= 4 is 5.69 Å². The van der Waals surface area contributed by atoms with Crippen LogP contribution in [0.4, 0.5) is 23.2 Å². The Morgan fingerprint density at radius 1 is 1.05 bits per heavy atom. The number of hydrogen-bond donors (Lipinski definition) is 1. The van der Waals surface area contributed by atoms with Crippen molar-refractivity contribution in [1.29, 1.82) is 0 Å². The van der Waals surface area contributed by atoms with Crippen molar-refractivity contribution in [3.8, 4) is 5.75 Å². The predicted molar refractivity (Wildman–Crippen MR) is 66.6 cm³/mol. The van der Waals surface area contributed by atoms with E-state index < -0.39 is 17.6 Å². The molecule has 0 saturated carbocycles. The first kappa shape index (κ1) is 14.2. The summed E-state index contributed by atoms with van der Waals surface area (Å²) in [6.45, 7) is -0.127. The molecule has 0 atom stereocenters. The van der Waals surface area contributed by atoms with E-state index in [1.54, 1.807) is 0 Å². The van der Waals surface area contributed by atoms with Gasteiger partial charge in [0.1, 0.15) is 18.2 Å². The zero-order valence-corrected chi connectivity index (χ0v) is 10.2. The van der Waals surface area contributed by atoms with Crippen molar-refractivity contribution in [2.24, 2.45) is 0 Å². The van der Waals surface area contributed by atoms with Crippen LogP contribution in [0.1, 0.15) is 11.1 Å². The minimum Gasteiger partial charge on any atom is -0.488 e. The molecule has 2 aromatic rings. The Morgan fingerprint density at radius 2 is 1.75 bits per heavy atom. The molecule has 0 spiro atoms. The van der Waals surface area contributed by atoms with Crippen LogP contribution >= 0.6 is 0 Å². The van der Waals surface area contributed by atoms with Crippen LogP contribution in [0.15, 0.2) is 42.5 Å². The highest BCUT2D eigenvalue weighted by Crippen LogP contribution is 2.36. The van der Waals surface area contributed by atoms with Crippen molar-refractivity contribution in [3.05, 3.63) is 59.4 Å². The zero-order valence-electron chi connectivity index (χ0n) is 10.2. The number of nitrogen functional groups attached to an aromatic ring is 1. The Morgan fingerprint density at radius 3 is 2.40 bits per heavy atom. The molecule has 2 aromatic carbocycles. The molecule has 2 nitrogen and oxygen atoms in total. The molecule has 0 heterocycles. The van der Waals surface area contributed by atoms with Crippen LogP contribution < -0.4 is 10.5 Å². The molecule has 0 bridgehead atoms. The maximum Gasteiger partial charge on any atom is 0.419 e. The Bertz CT molecular complexity index is 610. The van der Waals surface area contributed by atoms with Gasteiger partial charge in [-0.05, 0) is 29.8 Å². The van der Waals surface area contributed by atoms with Crippen LogP contribution in [-0.4, -0.2) is 0 Å². The van der Waals surface area contributed by atoms with Crippen molar-refractivity contribution in [1.82, 2.24) is 0 Å². The number of anilines is 1. The summed E-state index contributed by atoms with van der Waals surface area (Å²) in [6.07, 6.45) is -4.49. The summed E-state index contributed by atoms with van der Waals surface area (Å²) >= 11 is 0. The van der Waals surface area contributed by atoms with Crippen molar-refractivity contribution in [2.45, 2.75) is 12.8 Å². The second-order valence-corrected chi connectivity index (χ2v) is 4.14. The molecule has 106 valence electrons. The Balaban J connectivity index is 2.17. The first-order chi connectivity index (χ1) is 9.38. The van der Waals surface area contributed by atoms with Crippen molar-refractivity contribution in [3.63, 3.8) is 0 Å². The van der Waals surface area contributed by atoms with E-state index in [-0.39, 0.29) is 18.0 Å². The summed E-state index contributed by atoms with van der Waals surface area (Å²) in [5, 5.41) is 0. The van der Waals surface area contributed by atoms with Gasteiger partial charge < -0.3 is 10.5 Å². The van der Waals surface area contributed by atoms with Gasteiger partial charge >= 0.3 is 6.18 Å². The summed E-state index contributed by atoms with van der Waals surface area (Å²) in [4.78, 5) is 0. The van der Waals surface area contributed by atoms with E-state index >= 15 is 0 Å². The maximum absolute atomic E-state index is 13.0. The molecule has 0 aliphatic rings. The number of rotatable bonds is 3. The van der Waals surface area contributed by atoms with Gasteiger partial charge in [-0.1, -0.05) is 18.2 Å². The molecule has 0 radical (unpaired) electrons. The molecule has 0 aliphatic heterocycles. The third kappa shape index (κ3) is 3.20. The van der Waals surface area contributed by atoms with Crippen molar-refractivity contribution < 1.29 is 22.3 Å². The Hall–Kier alpha value is -2.24. The molecular weight excluding hydrogens is 274 g/mol. The van der Waals surface area contributed by atoms with Gasteiger partial charge in [0.25, 0.3) is 0 Å². The molecule has 0 saturated heterocycles. The van der Waals surface area contributed by atoms with E-state index in [2.05, 4.69) is 0 Å². The third-order valence-corrected chi connectivity index (χ3v) is 2.65. The number of ether oxygens (including phenoxy) is 1.